The highest BCUT2D eigenvalue weighted by Gasteiger charge is 2.11. The molecule has 0 atom stereocenters. The van der Waals surface area contributed by atoms with Crippen LogP contribution in [0.4, 0.5) is 5.69 Å². The number of anilines is 1. The number of aryl methyl sites for hydroxylation is 2. The van der Waals surface area contributed by atoms with Crippen LogP contribution in [0.5, 0.6) is 0 Å². The summed E-state index contributed by atoms with van der Waals surface area (Å²) in [6.07, 6.45) is 2.55. The molecule has 2 aromatic rings. The molecule has 0 aliphatic carbocycles. The molecule has 19 heavy (non-hydrogen) atoms. The summed E-state index contributed by atoms with van der Waals surface area (Å²) in [5.74, 6) is -0.123. The van der Waals surface area contributed by atoms with Gasteiger partial charge in [0.15, 0.2) is 0 Å². The van der Waals surface area contributed by atoms with Crippen LogP contribution in [0.2, 0.25) is 0 Å². The summed E-state index contributed by atoms with van der Waals surface area (Å²) >= 11 is 3.44. The highest BCUT2D eigenvalue weighted by molar-refractivity contribution is 9.10. The molecule has 98 valence electrons. The number of pyridine rings is 1. The molecule has 0 spiro atoms. The van der Waals surface area contributed by atoms with E-state index in [0.29, 0.717) is 5.56 Å². The van der Waals surface area contributed by atoms with Crippen molar-refractivity contribution in [2.24, 2.45) is 0 Å². The van der Waals surface area contributed by atoms with Gasteiger partial charge in [0, 0.05) is 22.1 Å². The summed E-state index contributed by atoms with van der Waals surface area (Å²) in [6, 6.07) is 9.40. The number of benzene rings is 1. The maximum Gasteiger partial charge on any atom is 0.257 e. The van der Waals surface area contributed by atoms with Gasteiger partial charge in [0.2, 0.25) is 0 Å². The van der Waals surface area contributed by atoms with Crippen LogP contribution >= 0.6 is 15.9 Å². The molecule has 0 radical (unpaired) electrons. The Kier molecular flexibility index (Phi) is 4.32. The van der Waals surface area contributed by atoms with E-state index in [2.05, 4.69) is 33.2 Å². The van der Waals surface area contributed by atoms with E-state index in [1.165, 1.54) is 0 Å². The SMILES string of the molecule is CCc1cc(Br)ccc1NC(=O)c1cccnc1C. The fourth-order valence-electron chi connectivity index (χ4n) is 1.89. The topological polar surface area (TPSA) is 42.0 Å². The first-order valence-corrected chi connectivity index (χ1v) is 6.92. The number of carbonyl (C=O) groups is 1. The third-order valence-electron chi connectivity index (χ3n) is 2.95. The standard InChI is InChI=1S/C15H15BrN2O/c1-3-11-9-12(16)6-7-14(11)18-15(19)13-5-4-8-17-10(13)2/h4-9H,3H2,1-2H3,(H,18,19). The molecule has 0 fully saturated rings. The monoisotopic (exact) mass is 318 g/mol. The minimum atomic E-state index is -0.123. The number of amides is 1. The van der Waals surface area contributed by atoms with Gasteiger partial charge in [-0.05, 0) is 49.2 Å². The van der Waals surface area contributed by atoms with Gasteiger partial charge in [0.25, 0.3) is 5.91 Å². The van der Waals surface area contributed by atoms with Gasteiger partial charge in [-0.2, -0.15) is 0 Å². The lowest BCUT2D eigenvalue weighted by molar-refractivity contribution is 0.102. The predicted molar refractivity (Wildman–Crippen MR) is 80.4 cm³/mol. The Hall–Kier alpha value is -1.68. The minimum Gasteiger partial charge on any atom is -0.322 e. The van der Waals surface area contributed by atoms with Gasteiger partial charge in [0.05, 0.1) is 5.56 Å². The van der Waals surface area contributed by atoms with E-state index >= 15 is 0 Å². The molecular formula is C15H15BrN2O. The van der Waals surface area contributed by atoms with Crippen molar-refractivity contribution in [2.75, 3.05) is 5.32 Å². The van der Waals surface area contributed by atoms with Crippen molar-refractivity contribution in [1.29, 1.82) is 0 Å². The molecule has 1 heterocycles. The summed E-state index contributed by atoms with van der Waals surface area (Å²) in [4.78, 5) is 16.4. The van der Waals surface area contributed by atoms with E-state index < -0.39 is 0 Å². The molecule has 0 aliphatic heterocycles. The van der Waals surface area contributed by atoms with E-state index in [1.54, 1.807) is 18.3 Å². The predicted octanol–water partition coefficient (Wildman–Crippen LogP) is 3.97. The van der Waals surface area contributed by atoms with Gasteiger partial charge >= 0.3 is 0 Å². The maximum absolute atomic E-state index is 12.2. The van der Waals surface area contributed by atoms with Crippen molar-refractivity contribution >= 4 is 27.5 Å². The molecule has 4 heteroatoms. The Labute approximate surface area is 121 Å². The zero-order valence-corrected chi connectivity index (χ0v) is 12.5. The van der Waals surface area contributed by atoms with Crippen LogP contribution in [0.1, 0.15) is 28.5 Å². The number of halogens is 1. The molecule has 1 N–H and O–H groups in total. The molecule has 0 aliphatic rings. The van der Waals surface area contributed by atoms with E-state index in [4.69, 9.17) is 0 Å². The summed E-state index contributed by atoms with van der Waals surface area (Å²) in [6.45, 7) is 3.89. The van der Waals surface area contributed by atoms with E-state index in [9.17, 15) is 4.79 Å². The average molecular weight is 319 g/mol. The number of nitrogens with one attached hydrogen (secondary N) is 1. The van der Waals surface area contributed by atoms with Crippen molar-refractivity contribution in [3.05, 3.63) is 57.8 Å². The van der Waals surface area contributed by atoms with E-state index in [1.807, 2.05) is 25.1 Å². The van der Waals surface area contributed by atoms with Crippen LogP contribution < -0.4 is 5.32 Å². The summed E-state index contributed by atoms with van der Waals surface area (Å²) in [7, 11) is 0. The molecule has 1 aromatic heterocycles. The van der Waals surface area contributed by atoms with Gasteiger partial charge in [-0.3, -0.25) is 9.78 Å². The van der Waals surface area contributed by atoms with Crippen LogP contribution in [0.3, 0.4) is 0 Å². The highest BCUT2D eigenvalue weighted by Crippen LogP contribution is 2.22. The first-order chi connectivity index (χ1) is 9.11. The maximum atomic E-state index is 12.2. The largest absolute Gasteiger partial charge is 0.322 e. The molecule has 0 unspecified atom stereocenters. The third kappa shape index (κ3) is 3.20. The van der Waals surface area contributed by atoms with Gasteiger partial charge in [-0.15, -0.1) is 0 Å². The molecular weight excluding hydrogens is 304 g/mol. The Bertz CT molecular complexity index is 611. The van der Waals surface area contributed by atoms with Gasteiger partial charge in [-0.25, -0.2) is 0 Å². The van der Waals surface area contributed by atoms with Crippen molar-refractivity contribution < 1.29 is 4.79 Å². The van der Waals surface area contributed by atoms with Crippen molar-refractivity contribution in [1.82, 2.24) is 4.98 Å². The normalized spacial score (nSPS) is 10.3. The number of aromatic nitrogens is 1. The fourth-order valence-corrected chi connectivity index (χ4v) is 2.30. The minimum absolute atomic E-state index is 0.123. The summed E-state index contributed by atoms with van der Waals surface area (Å²) in [5.41, 5.74) is 3.28. The molecule has 2 rings (SSSR count). The Morgan fingerprint density at radius 2 is 2.16 bits per heavy atom. The van der Waals surface area contributed by atoms with Gasteiger partial charge in [0.1, 0.15) is 0 Å². The molecule has 0 bridgehead atoms. The van der Waals surface area contributed by atoms with E-state index in [0.717, 1.165) is 27.8 Å². The number of nitrogens with zero attached hydrogens (tertiary/aromatic N) is 1. The second-order valence-electron chi connectivity index (χ2n) is 4.25. The molecule has 3 nitrogen and oxygen atoms in total. The van der Waals surface area contributed by atoms with Gasteiger partial charge in [-0.1, -0.05) is 22.9 Å². The smallest absolute Gasteiger partial charge is 0.257 e. The first kappa shape index (κ1) is 13.7. The van der Waals surface area contributed by atoms with Crippen molar-refractivity contribution in [3.8, 4) is 0 Å². The molecule has 0 saturated heterocycles. The van der Waals surface area contributed by atoms with Crippen molar-refractivity contribution in [2.45, 2.75) is 20.3 Å². The summed E-state index contributed by atoms with van der Waals surface area (Å²) < 4.78 is 1.01. The van der Waals surface area contributed by atoms with Crippen LogP contribution in [-0.4, -0.2) is 10.9 Å². The van der Waals surface area contributed by atoms with Gasteiger partial charge < -0.3 is 5.32 Å². The fraction of sp³-hybridized carbons (Fsp3) is 0.200. The van der Waals surface area contributed by atoms with Crippen molar-refractivity contribution in [3.63, 3.8) is 0 Å². The number of hydrogen-bond donors (Lipinski definition) is 1. The van der Waals surface area contributed by atoms with Crippen LogP contribution in [0, 0.1) is 6.92 Å². The first-order valence-electron chi connectivity index (χ1n) is 6.13. The molecule has 1 amide bonds. The lowest BCUT2D eigenvalue weighted by atomic mass is 10.1. The van der Waals surface area contributed by atoms with E-state index in [-0.39, 0.29) is 5.91 Å². The summed E-state index contributed by atoms with van der Waals surface area (Å²) in [5, 5.41) is 2.95. The number of hydrogen-bond acceptors (Lipinski definition) is 2. The highest BCUT2D eigenvalue weighted by atomic mass is 79.9. The average Bonchev–Trinajstić information content (AvgIpc) is 2.41. The quantitative estimate of drug-likeness (QED) is 0.930. The third-order valence-corrected chi connectivity index (χ3v) is 3.44. The zero-order valence-electron chi connectivity index (χ0n) is 10.9. The second kappa shape index (κ2) is 5.97. The molecule has 1 aromatic carbocycles. The Balaban J connectivity index is 2.27. The zero-order chi connectivity index (χ0) is 13.8. The molecule has 0 saturated carbocycles. The van der Waals surface area contributed by atoms with Crippen LogP contribution in [0.25, 0.3) is 0 Å². The lowest BCUT2D eigenvalue weighted by Gasteiger charge is -2.11. The Morgan fingerprint density at radius 3 is 2.84 bits per heavy atom. The second-order valence-corrected chi connectivity index (χ2v) is 5.16. The van der Waals surface area contributed by atoms with Crippen LogP contribution in [0.15, 0.2) is 41.0 Å². The Morgan fingerprint density at radius 1 is 1.37 bits per heavy atom. The number of rotatable bonds is 3. The number of carbonyl (C=O) groups excluding carboxylic acids is 1. The van der Waals surface area contributed by atoms with Crippen LogP contribution in [-0.2, 0) is 6.42 Å². The lowest BCUT2D eigenvalue weighted by Crippen LogP contribution is -2.15.